The molecule has 0 aliphatic rings. The number of amides is 2. The Morgan fingerprint density at radius 2 is 2.10 bits per heavy atom. The molecule has 2 N–H and O–H groups in total. The second-order valence-electron chi connectivity index (χ2n) is 3.98. The molecule has 0 radical (unpaired) electrons. The Hall–Kier alpha value is -1.48. The predicted molar refractivity (Wildman–Crippen MR) is 80.3 cm³/mol. The fraction of sp³-hybridized carbons (Fsp3) is 0.333. The number of carbonyl (C=O) groups excluding carboxylic acids is 1. The third-order valence-electron chi connectivity index (χ3n) is 2.33. The van der Waals surface area contributed by atoms with Crippen LogP contribution in [-0.4, -0.2) is 18.1 Å². The molecule has 0 aliphatic carbocycles. The normalized spacial score (nSPS) is 10.6. The van der Waals surface area contributed by atoms with Gasteiger partial charge in [0.05, 0.1) is 17.7 Å². The average molecular weight is 313 g/mol. The molecule has 20 heavy (non-hydrogen) atoms. The van der Waals surface area contributed by atoms with E-state index in [1.807, 2.05) is 19.9 Å². The zero-order valence-corrected chi connectivity index (χ0v) is 13.0. The highest BCUT2D eigenvalue weighted by Crippen LogP contribution is 2.27. The quantitative estimate of drug-likeness (QED) is 0.654. The van der Waals surface area contributed by atoms with Crippen molar-refractivity contribution < 1.29 is 14.6 Å². The molecule has 0 saturated carbocycles. The number of thiophene rings is 1. The fourth-order valence-corrected chi connectivity index (χ4v) is 3.10. The van der Waals surface area contributed by atoms with Crippen LogP contribution in [0.25, 0.3) is 0 Å². The fourth-order valence-electron chi connectivity index (χ4n) is 1.55. The van der Waals surface area contributed by atoms with E-state index in [1.165, 1.54) is 18.4 Å². The Balaban J connectivity index is 1.99. The lowest BCUT2D eigenvalue weighted by Crippen LogP contribution is -2.19. The standard InChI is InChI=1S/C12H15N3O3S2/c1-7-4-9(10(19-7)6-18-17-3)14-11(16)15-12-13-5-8(2)20-12/h4-5H,6H2,1-3H3,(H2,13,14,15,16). The van der Waals surface area contributed by atoms with Crippen molar-refractivity contribution in [3.05, 3.63) is 26.9 Å². The van der Waals surface area contributed by atoms with Crippen molar-refractivity contribution in [2.45, 2.75) is 20.5 Å². The van der Waals surface area contributed by atoms with Crippen molar-refractivity contribution in [1.82, 2.24) is 4.98 Å². The van der Waals surface area contributed by atoms with Gasteiger partial charge in [-0.1, -0.05) is 0 Å². The second-order valence-corrected chi connectivity index (χ2v) is 6.55. The van der Waals surface area contributed by atoms with E-state index in [1.54, 1.807) is 17.5 Å². The van der Waals surface area contributed by atoms with Crippen LogP contribution in [0, 0.1) is 13.8 Å². The maximum Gasteiger partial charge on any atom is 0.325 e. The van der Waals surface area contributed by atoms with E-state index >= 15 is 0 Å². The van der Waals surface area contributed by atoms with Gasteiger partial charge in [0, 0.05) is 16.0 Å². The lowest BCUT2D eigenvalue weighted by Gasteiger charge is -2.06. The minimum Gasteiger partial charge on any atom is -0.306 e. The van der Waals surface area contributed by atoms with Crippen LogP contribution in [0.1, 0.15) is 14.6 Å². The van der Waals surface area contributed by atoms with Gasteiger partial charge in [-0.2, -0.15) is 0 Å². The van der Waals surface area contributed by atoms with Crippen molar-refractivity contribution in [3.63, 3.8) is 0 Å². The maximum atomic E-state index is 11.9. The lowest BCUT2D eigenvalue weighted by atomic mass is 10.3. The highest BCUT2D eigenvalue weighted by Gasteiger charge is 2.12. The van der Waals surface area contributed by atoms with Crippen molar-refractivity contribution in [3.8, 4) is 0 Å². The third-order valence-corrected chi connectivity index (χ3v) is 4.18. The molecule has 8 heteroatoms. The Morgan fingerprint density at radius 1 is 1.30 bits per heavy atom. The van der Waals surface area contributed by atoms with E-state index < -0.39 is 0 Å². The van der Waals surface area contributed by atoms with Gasteiger partial charge in [0.1, 0.15) is 6.61 Å². The van der Waals surface area contributed by atoms with Crippen LogP contribution in [0.5, 0.6) is 0 Å². The van der Waals surface area contributed by atoms with Crippen LogP contribution >= 0.6 is 22.7 Å². The molecular weight excluding hydrogens is 298 g/mol. The van der Waals surface area contributed by atoms with E-state index in [2.05, 4.69) is 20.5 Å². The van der Waals surface area contributed by atoms with Crippen molar-refractivity contribution in [2.24, 2.45) is 0 Å². The molecule has 0 bridgehead atoms. The lowest BCUT2D eigenvalue weighted by molar-refractivity contribution is -0.281. The third kappa shape index (κ3) is 4.01. The summed E-state index contributed by atoms with van der Waals surface area (Å²) in [6.45, 7) is 4.19. The summed E-state index contributed by atoms with van der Waals surface area (Å²) in [6, 6.07) is 1.57. The van der Waals surface area contributed by atoms with E-state index in [-0.39, 0.29) is 6.03 Å². The zero-order valence-electron chi connectivity index (χ0n) is 11.4. The van der Waals surface area contributed by atoms with Crippen LogP contribution in [0.15, 0.2) is 12.3 Å². The minimum absolute atomic E-state index is 0.293. The molecule has 0 saturated heterocycles. The second kappa shape index (κ2) is 6.80. The first-order valence-electron chi connectivity index (χ1n) is 5.84. The summed E-state index contributed by atoms with van der Waals surface area (Å²) < 4.78 is 0. The van der Waals surface area contributed by atoms with Gasteiger partial charge in [-0.15, -0.1) is 22.7 Å². The first-order chi connectivity index (χ1) is 9.58. The number of nitrogens with zero attached hydrogens (tertiary/aromatic N) is 1. The Kier molecular flexibility index (Phi) is 5.07. The monoisotopic (exact) mass is 313 g/mol. The zero-order chi connectivity index (χ0) is 14.5. The number of anilines is 2. The van der Waals surface area contributed by atoms with Gasteiger partial charge in [-0.25, -0.2) is 19.6 Å². The number of urea groups is 1. The molecule has 0 fully saturated rings. The van der Waals surface area contributed by atoms with Gasteiger partial charge in [-0.05, 0) is 19.9 Å². The van der Waals surface area contributed by atoms with Crippen LogP contribution in [-0.2, 0) is 16.4 Å². The topological polar surface area (TPSA) is 72.5 Å². The van der Waals surface area contributed by atoms with Crippen LogP contribution in [0.4, 0.5) is 15.6 Å². The van der Waals surface area contributed by atoms with E-state index in [0.717, 1.165) is 20.3 Å². The Morgan fingerprint density at radius 3 is 2.75 bits per heavy atom. The van der Waals surface area contributed by atoms with Gasteiger partial charge >= 0.3 is 6.03 Å². The molecule has 6 nitrogen and oxygen atoms in total. The molecule has 2 aromatic heterocycles. The van der Waals surface area contributed by atoms with Crippen LogP contribution < -0.4 is 10.6 Å². The van der Waals surface area contributed by atoms with Crippen molar-refractivity contribution in [2.75, 3.05) is 17.7 Å². The summed E-state index contributed by atoms with van der Waals surface area (Å²) in [4.78, 5) is 28.5. The summed E-state index contributed by atoms with van der Waals surface area (Å²) in [5, 5.41) is 6.05. The van der Waals surface area contributed by atoms with E-state index in [0.29, 0.717) is 11.7 Å². The molecule has 0 spiro atoms. The first-order valence-corrected chi connectivity index (χ1v) is 7.47. The van der Waals surface area contributed by atoms with Crippen LogP contribution in [0.3, 0.4) is 0 Å². The van der Waals surface area contributed by atoms with Crippen molar-refractivity contribution in [1.29, 1.82) is 0 Å². The molecule has 0 aromatic carbocycles. The maximum absolute atomic E-state index is 11.9. The molecule has 108 valence electrons. The smallest absolute Gasteiger partial charge is 0.306 e. The first kappa shape index (κ1) is 14.9. The number of hydrogen-bond donors (Lipinski definition) is 2. The van der Waals surface area contributed by atoms with Gasteiger partial charge in [0.2, 0.25) is 0 Å². The van der Waals surface area contributed by atoms with Crippen LogP contribution in [0.2, 0.25) is 0 Å². The number of aromatic nitrogens is 1. The highest BCUT2D eigenvalue weighted by molar-refractivity contribution is 7.15. The molecule has 0 atom stereocenters. The number of thiazole rings is 1. The van der Waals surface area contributed by atoms with Gasteiger partial charge in [0.25, 0.3) is 0 Å². The summed E-state index contributed by atoms with van der Waals surface area (Å²) in [5.74, 6) is 0. The predicted octanol–water partition coefficient (Wildman–Crippen LogP) is 3.54. The molecule has 2 rings (SSSR count). The van der Waals surface area contributed by atoms with Gasteiger partial charge in [-0.3, -0.25) is 5.32 Å². The summed E-state index contributed by atoms with van der Waals surface area (Å²) >= 11 is 2.97. The largest absolute Gasteiger partial charge is 0.325 e. The van der Waals surface area contributed by atoms with Gasteiger partial charge in [0.15, 0.2) is 5.13 Å². The Bertz CT molecular complexity index is 595. The average Bonchev–Trinajstić information content (AvgIpc) is 2.93. The number of carbonyl (C=O) groups is 1. The molecular formula is C12H15N3O3S2. The summed E-state index contributed by atoms with van der Waals surface area (Å²) in [6.07, 6.45) is 1.72. The molecule has 0 aliphatic heterocycles. The number of aryl methyl sites for hydroxylation is 2. The number of hydrogen-bond acceptors (Lipinski definition) is 6. The summed E-state index contributed by atoms with van der Waals surface area (Å²) in [5.41, 5.74) is 0.718. The number of nitrogens with one attached hydrogen (secondary N) is 2. The molecule has 0 unspecified atom stereocenters. The molecule has 2 heterocycles. The highest BCUT2D eigenvalue weighted by atomic mass is 32.1. The Labute approximate surface area is 124 Å². The van der Waals surface area contributed by atoms with Gasteiger partial charge < -0.3 is 5.32 Å². The van der Waals surface area contributed by atoms with E-state index in [4.69, 9.17) is 4.89 Å². The molecule has 2 aromatic rings. The molecule has 2 amide bonds. The van der Waals surface area contributed by atoms with Crippen molar-refractivity contribution >= 4 is 39.5 Å². The SMILES string of the molecule is COOCc1sc(C)cc1NC(=O)Nc1ncc(C)s1. The summed E-state index contributed by atoms with van der Waals surface area (Å²) in [7, 11) is 1.45. The number of rotatable bonds is 5. The minimum atomic E-state index is -0.323. The van der Waals surface area contributed by atoms with E-state index in [9.17, 15) is 4.79 Å².